The molecule has 3 aromatic rings. The molecule has 6 heteroatoms. The monoisotopic (exact) mass is 371 g/mol. The van der Waals surface area contributed by atoms with Crippen molar-refractivity contribution < 1.29 is 9.18 Å². The van der Waals surface area contributed by atoms with Crippen LogP contribution in [0.4, 0.5) is 4.39 Å². The minimum atomic E-state index is -0.251. The van der Waals surface area contributed by atoms with Crippen molar-refractivity contribution in [3.05, 3.63) is 64.9 Å². The number of amides is 1. The van der Waals surface area contributed by atoms with Crippen LogP contribution < -0.4 is 5.32 Å². The van der Waals surface area contributed by atoms with Gasteiger partial charge < -0.3 is 5.32 Å². The quantitative estimate of drug-likeness (QED) is 0.658. The Hall–Kier alpha value is -2.31. The molecule has 0 saturated heterocycles. The largest absolute Gasteiger partial charge is 0.355 e. The molecule has 1 heterocycles. The van der Waals surface area contributed by atoms with Gasteiger partial charge in [0.25, 0.3) is 0 Å². The van der Waals surface area contributed by atoms with E-state index >= 15 is 0 Å². The zero-order valence-corrected chi connectivity index (χ0v) is 15.6. The first-order valence-corrected chi connectivity index (χ1v) is 9.53. The van der Waals surface area contributed by atoms with E-state index in [2.05, 4.69) is 16.4 Å². The van der Waals surface area contributed by atoms with Crippen molar-refractivity contribution >= 4 is 27.5 Å². The van der Waals surface area contributed by atoms with Crippen LogP contribution in [0, 0.1) is 5.82 Å². The van der Waals surface area contributed by atoms with E-state index in [0.29, 0.717) is 19.6 Å². The maximum Gasteiger partial charge on any atom is 0.234 e. The van der Waals surface area contributed by atoms with E-state index in [4.69, 9.17) is 0 Å². The Bertz CT molecular complexity index is 847. The summed E-state index contributed by atoms with van der Waals surface area (Å²) in [5, 5.41) is 3.98. The molecule has 0 aliphatic rings. The molecular weight excluding hydrogens is 349 g/mol. The van der Waals surface area contributed by atoms with E-state index in [1.165, 1.54) is 16.8 Å². The number of nitrogens with zero attached hydrogens (tertiary/aromatic N) is 2. The van der Waals surface area contributed by atoms with E-state index in [-0.39, 0.29) is 11.7 Å². The Balaban J connectivity index is 1.46. The molecule has 2 aromatic carbocycles. The number of carbonyl (C=O) groups is 1. The number of carbonyl (C=O) groups excluding carboxylic acids is 1. The van der Waals surface area contributed by atoms with E-state index in [9.17, 15) is 9.18 Å². The van der Waals surface area contributed by atoms with Crippen LogP contribution >= 0.6 is 11.3 Å². The molecule has 26 heavy (non-hydrogen) atoms. The van der Waals surface area contributed by atoms with Crippen LogP contribution in [0.1, 0.15) is 17.5 Å². The van der Waals surface area contributed by atoms with E-state index in [0.717, 1.165) is 29.1 Å². The number of para-hydroxylation sites is 1. The molecule has 0 spiro atoms. The molecule has 0 radical (unpaired) electrons. The van der Waals surface area contributed by atoms with Gasteiger partial charge in [-0.05, 0) is 36.4 Å². The summed E-state index contributed by atoms with van der Waals surface area (Å²) in [7, 11) is 0. The Morgan fingerprint density at radius 3 is 2.85 bits per heavy atom. The van der Waals surface area contributed by atoms with Gasteiger partial charge in [0.05, 0.1) is 21.8 Å². The first kappa shape index (κ1) is 18.5. The predicted octanol–water partition coefficient (Wildman–Crippen LogP) is 3.62. The van der Waals surface area contributed by atoms with Crippen molar-refractivity contribution in [3.63, 3.8) is 0 Å². The van der Waals surface area contributed by atoms with Crippen LogP contribution in [-0.2, 0) is 17.8 Å². The fourth-order valence-electron chi connectivity index (χ4n) is 2.77. The zero-order chi connectivity index (χ0) is 18.4. The third-order valence-corrected chi connectivity index (χ3v) is 5.21. The second-order valence-electron chi connectivity index (χ2n) is 6.11. The van der Waals surface area contributed by atoms with Crippen LogP contribution in [0.25, 0.3) is 10.2 Å². The average Bonchev–Trinajstić information content (AvgIpc) is 3.04. The second-order valence-corrected chi connectivity index (χ2v) is 7.22. The molecule has 0 atom stereocenters. The molecule has 0 fully saturated rings. The van der Waals surface area contributed by atoms with Crippen LogP contribution in [0.15, 0.2) is 48.5 Å². The number of hydrogen-bond acceptors (Lipinski definition) is 4. The summed E-state index contributed by atoms with van der Waals surface area (Å²) in [5.41, 5.74) is 1.88. The van der Waals surface area contributed by atoms with Gasteiger partial charge in [-0.15, -0.1) is 11.3 Å². The molecule has 4 nitrogen and oxygen atoms in total. The lowest BCUT2D eigenvalue weighted by Gasteiger charge is -2.20. The number of nitrogens with one attached hydrogen (secondary N) is 1. The fourth-order valence-corrected chi connectivity index (χ4v) is 3.73. The smallest absolute Gasteiger partial charge is 0.234 e. The molecule has 0 unspecified atom stereocenters. The molecule has 0 saturated carbocycles. The molecular formula is C20H22FN3OS. The molecule has 1 N–H and O–H groups in total. The van der Waals surface area contributed by atoms with Crippen molar-refractivity contribution in [2.75, 3.05) is 19.6 Å². The van der Waals surface area contributed by atoms with Gasteiger partial charge in [0.2, 0.25) is 5.91 Å². The summed E-state index contributed by atoms with van der Waals surface area (Å²) in [6.07, 6.45) is 0.723. The second kappa shape index (κ2) is 8.87. The fraction of sp³-hybridized carbons (Fsp3) is 0.300. The molecule has 0 aliphatic heterocycles. The van der Waals surface area contributed by atoms with Gasteiger partial charge in [-0.1, -0.05) is 31.2 Å². The Kier molecular flexibility index (Phi) is 6.30. The minimum absolute atomic E-state index is 0.0237. The molecule has 0 aliphatic carbocycles. The molecule has 3 rings (SSSR count). The highest BCUT2D eigenvalue weighted by Crippen LogP contribution is 2.21. The standard InChI is InChI=1S/C20H22FN3OS/c1-2-24(13-15-6-5-7-16(21)12-15)14-19(25)22-11-10-20-23-17-8-3-4-9-18(17)26-20/h3-9,12H,2,10-11,13-14H2,1H3,(H,22,25). The van der Waals surface area contributed by atoms with E-state index in [1.807, 2.05) is 36.1 Å². The van der Waals surface area contributed by atoms with Crippen molar-refractivity contribution in [2.45, 2.75) is 19.9 Å². The maximum absolute atomic E-state index is 13.3. The number of benzene rings is 2. The zero-order valence-electron chi connectivity index (χ0n) is 14.7. The Morgan fingerprint density at radius 1 is 1.23 bits per heavy atom. The highest BCUT2D eigenvalue weighted by Gasteiger charge is 2.10. The highest BCUT2D eigenvalue weighted by atomic mass is 32.1. The van der Waals surface area contributed by atoms with Crippen molar-refractivity contribution in [2.24, 2.45) is 0 Å². The van der Waals surface area contributed by atoms with Crippen LogP contribution in [0.2, 0.25) is 0 Å². The summed E-state index contributed by atoms with van der Waals surface area (Å²) in [4.78, 5) is 18.7. The number of halogens is 1. The van der Waals surface area contributed by atoms with Crippen LogP contribution in [0.3, 0.4) is 0 Å². The number of thiazole rings is 1. The number of fused-ring (bicyclic) bond motifs is 1. The number of aromatic nitrogens is 1. The SMILES string of the molecule is CCN(CC(=O)NCCc1nc2ccccc2s1)Cc1cccc(F)c1. The lowest BCUT2D eigenvalue weighted by atomic mass is 10.2. The molecule has 136 valence electrons. The van der Waals surface area contributed by atoms with Crippen molar-refractivity contribution in [1.82, 2.24) is 15.2 Å². The lowest BCUT2D eigenvalue weighted by Crippen LogP contribution is -2.37. The molecule has 1 amide bonds. The maximum atomic E-state index is 13.3. The van der Waals surface area contributed by atoms with Crippen molar-refractivity contribution in [1.29, 1.82) is 0 Å². The Morgan fingerprint density at radius 2 is 2.08 bits per heavy atom. The van der Waals surface area contributed by atoms with Gasteiger partial charge in [0, 0.05) is 19.5 Å². The number of rotatable bonds is 8. The van der Waals surface area contributed by atoms with E-state index < -0.39 is 0 Å². The van der Waals surface area contributed by atoms with Gasteiger partial charge in [-0.3, -0.25) is 9.69 Å². The number of hydrogen-bond donors (Lipinski definition) is 1. The van der Waals surface area contributed by atoms with Gasteiger partial charge >= 0.3 is 0 Å². The third-order valence-electron chi connectivity index (χ3n) is 4.11. The average molecular weight is 371 g/mol. The summed E-state index contributed by atoms with van der Waals surface area (Å²) >= 11 is 1.66. The third kappa shape index (κ3) is 5.09. The topological polar surface area (TPSA) is 45.2 Å². The van der Waals surface area contributed by atoms with Gasteiger partial charge in [-0.2, -0.15) is 0 Å². The van der Waals surface area contributed by atoms with Crippen molar-refractivity contribution in [3.8, 4) is 0 Å². The van der Waals surface area contributed by atoms with Gasteiger partial charge in [-0.25, -0.2) is 9.37 Å². The number of likely N-dealkylation sites (N-methyl/N-ethyl adjacent to an activating group) is 1. The Labute approximate surface area is 156 Å². The van der Waals surface area contributed by atoms with Gasteiger partial charge in [0.1, 0.15) is 5.82 Å². The predicted molar refractivity (Wildman–Crippen MR) is 104 cm³/mol. The summed E-state index contributed by atoms with van der Waals surface area (Å²) < 4.78 is 14.5. The normalized spacial score (nSPS) is 11.2. The molecule has 0 bridgehead atoms. The minimum Gasteiger partial charge on any atom is -0.355 e. The van der Waals surface area contributed by atoms with Crippen LogP contribution in [0.5, 0.6) is 0 Å². The lowest BCUT2D eigenvalue weighted by molar-refractivity contribution is -0.122. The van der Waals surface area contributed by atoms with Gasteiger partial charge in [0.15, 0.2) is 0 Å². The van der Waals surface area contributed by atoms with Crippen LogP contribution in [-0.4, -0.2) is 35.4 Å². The summed E-state index contributed by atoms with van der Waals surface area (Å²) in [5.74, 6) is -0.275. The summed E-state index contributed by atoms with van der Waals surface area (Å²) in [6.45, 7) is 4.14. The van der Waals surface area contributed by atoms with E-state index in [1.54, 1.807) is 17.4 Å². The highest BCUT2D eigenvalue weighted by molar-refractivity contribution is 7.18. The first-order chi connectivity index (χ1) is 12.6. The first-order valence-electron chi connectivity index (χ1n) is 8.72. The molecule has 1 aromatic heterocycles. The summed E-state index contributed by atoms with van der Waals surface area (Å²) in [6, 6.07) is 14.5.